The van der Waals surface area contributed by atoms with Crippen molar-refractivity contribution in [1.82, 2.24) is 15.4 Å². The Morgan fingerprint density at radius 1 is 1.26 bits per heavy atom. The third-order valence-corrected chi connectivity index (χ3v) is 6.02. The van der Waals surface area contributed by atoms with Gasteiger partial charge in [0, 0.05) is 57.6 Å². The van der Waals surface area contributed by atoms with E-state index in [9.17, 15) is 4.79 Å². The minimum absolute atomic E-state index is 0.184. The minimum atomic E-state index is 0.184. The van der Waals surface area contributed by atoms with Crippen molar-refractivity contribution in [2.45, 2.75) is 76.9 Å². The number of aryl methyl sites for hydroxylation is 1. The summed E-state index contributed by atoms with van der Waals surface area (Å²) in [5.41, 5.74) is 0.916. The van der Waals surface area contributed by atoms with Gasteiger partial charge in [0.05, 0.1) is 11.8 Å². The molecular weight excluding hydrogens is 342 g/mol. The monoisotopic (exact) mass is 377 g/mol. The van der Waals surface area contributed by atoms with Crippen LogP contribution in [0.4, 0.5) is 0 Å². The molecule has 27 heavy (non-hydrogen) atoms. The molecule has 0 aromatic carbocycles. The van der Waals surface area contributed by atoms with Crippen LogP contribution in [0.2, 0.25) is 0 Å². The molecule has 0 bridgehead atoms. The third-order valence-electron chi connectivity index (χ3n) is 6.02. The summed E-state index contributed by atoms with van der Waals surface area (Å²) in [5.74, 6) is 1.50. The van der Waals surface area contributed by atoms with Gasteiger partial charge in [-0.1, -0.05) is 37.3 Å². The SMILES string of the molecule is CO[C@H]1CN(CCC(=O)NC2CCCCCCC2)C[C@H]1Cc1cc(C)no1. The van der Waals surface area contributed by atoms with Crippen LogP contribution in [-0.2, 0) is 16.0 Å². The Balaban J connectivity index is 1.41. The Kier molecular flexibility index (Phi) is 7.70. The van der Waals surface area contributed by atoms with Gasteiger partial charge in [0.1, 0.15) is 5.76 Å². The van der Waals surface area contributed by atoms with Crippen molar-refractivity contribution in [2.75, 3.05) is 26.7 Å². The highest BCUT2D eigenvalue weighted by Gasteiger charge is 2.33. The van der Waals surface area contributed by atoms with E-state index in [1.54, 1.807) is 7.11 Å². The van der Waals surface area contributed by atoms with E-state index in [2.05, 4.69) is 15.4 Å². The number of hydrogen-bond acceptors (Lipinski definition) is 5. The summed E-state index contributed by atoms with van der Waals surface area (Å²) in [6.45, 7) is 4.56. The van der Waals surface area contributed by atoms with Crippen molar-refractivity contribution in [3.63, 3.8) is 0 Å². The normalized spacial score (nSPS) is 25.3. The van der Waals surface area contributed by atoms with Gasteiger partial charge >= 0.3 is 0 Å². The lowest BCUT2D eigenvalue weighted by Gasteiger charge is -2.22. The number of nitrogens with zero attached hydrogens (tertiary/aromatic N) is 2. The number of rotatable bonds is 7. The number of carbonyl (C=O) groups excluding carboxylic acids is 1. The molecule has 1 N–H and O–H groups in total. The summed E-state index contributed by atoms with van der Waals surface area (Å²) >= 11 is 0. The smallest absolute Gasteiger partial charge is 0.221 e. The van der Waals surface area contributed by atoms with Gasteiger partial charge in [0.15, 0.2) is 0 Å². The predicted octanol–water partition coefficient (Wildman–Crippen LogP) is 3.09. The highest BCUT2D eigenvalue weighted by molar-refractivity contribution is 5.76. The van der Waals surface area contributed by atoms with Crippen molar-refractivity contribution in [3.05, 3.63) is 17.5 Å². The van der Waals surface area contributed by atoms with Crippen LogP contribution in [0.1, 0.15) is 62.8 Å². The van der Waals surface area contributed by atoms with E-state index >= 15 is 0 Å². The number of methoxy groups -OCH3 is 1. The van der Waals surface area contributed by atoms with Gasteiger partial charge in [0.25, 0.3) is 0 Å². The average Bonchev–Trinajstić information content (AvgIpc) is 3.21. The summed E-state index contributed by atoms with van der Waals surface area (Å²) in [7, 11) is 1.77. The van der Waals surface area contributed by atoms with E-state index in [1.807, 2.05) is 13.0 Å². The molecule has 2 heterocycles. The van der Waals surface area contributed by atoms with Gasteiger partial charge in [-0.05, 0) is 19.8 Å². The van der Waals surface area contributed by atoms with Crippen molar-refractivity contribution in [3.8, 4) is 0 Å². The first kappa shape index (κ1) is 20.3. The number of aromatic nitrogens is 1. The van der Waals surface area contributed by atoms with Crippen molar-refractivity contribution >= 4 is 5.91 Å². The second-order valence-corrected chi connectivity index (χ2v) is 8.29. The number of nitrogens with one attached hydrogen (secondary N) is 1. The molecule has 2 aliphatic rings. The molecule has 2 fully saturated rings. The maximum Gasteiger partial charge on any atom is 0.221 e. The highest BCUT2D eigenvalue weighted by atomic mass is 16.5. The highest BCUT2D eigenvalue weighted by Crippen LogP contribution is 2.24. The summed E-state index contributed by atoms with van der Waals surface area (Å²) in [4.78, 5) is 14.7. The number of carbonyl (C=O) groups is 1. The molecule has 6 nitrogen and oxygen atoms in total. The van der Waals surface area contributed by atoms with Gasteiger partial charge in [-0.2, -0.15) is 0 Å². The number of ether oxygens (including phenoxy) is 1. The average molecular weight is 378 g/mol. The summed E-state index contributed by atoms with van der Waals surface area (Å²) in [5, 5.41) is 7.24. The third kappa shape index (κ3) is 6.32. The molecular formula is C21H35N3O3. The number of likely N-dealkylation sites (tertiary alicyclic amines) is 1. The quantitative estimate of drug-likeness (QED) is 0.791. The van der Waals surface area contributed by atoms with Gasteiger partial charge in [-0.3, -0.25) is 9.69 Å². The predicted molar refractivity (Wildman–Crippen MR) is 105 cm³/mol. The van der Waals surface area contributed by atoms with Crippen LogP contribution in [0, 0.1) is 12.8 Å². The van der Waals surface area contributed by atoms with E-state index in [-0.39, 0.29) is 12.0 Å². The molecule has 3 rings (SSSR count). The Morgan fingerprint density at radius 2 is 2.00 bits per heavy atom. The van der Waals surface area contributed by atoms with Crippen molar-refractivity contribution < 1.29 is 14.1 Å². The summed E-state index contributed by atoms with van der Waals surface area (Å²) < 4.78 is 11.1. The van der Waals surface area contributed by atoms with Crippen LogP contribution in [0.5, 0.6) is 0 Å². The Labute approximate surface area is 163 Å². The summed E-state index contributed by atoms with van der Waals surface area (Å²) in [6, 6.07) is 2.38. The zero-order valence-electron chi connectivity index (χ0n) is 16.9. The molecule has 1 aliphatic heterocycles. The molecule has 1 amide bonds. The van der Waals surface area contributed by atoms with E-state index in [0.717, 1.165) is 50.4 Å². The first-order valence-electron chi connectivity index (χ1n) is 10.6. The lowest BCUT2D eigenvalue weighted by molar-refractivity contribution is -0.122. The van der Waals surface area contributed by atoms with E-state index < -0.39 is 0 Å². The molecule has 6 heteroatoms. The number of hydrogen-bond donors (Lipinski definition) is 1. The molecule has 1 saturated heterocycles. The van der Waals surface area contributed by atoms with E-state index in [4.69, 9.17) is 9.26 Å². The Hall–Kier alpha value is -1.40. The maximum absolute atomic E-state index is 12.4. The standard InChI is InChI=1S/C21H35N3O3/c1-16-12-19(27-23-16)13-17-14-24(15-20(17)26-2)11-10-21(25)22-18-8-6-4-3-5-7-9-18/h12,17-18,20H,3-11,13-15H2,1-2H3,(H,22,25)/t17-,20+/m1/s1. The van der Waals surface area contributed by atoms with Crippen LogP contribution in [-0.4, -0.2) is 54.9 Å². The molecule has 1 saturated carbocycles. The minimum Gasteiger partial charge on any atom is -0.380 e. The van der Waals surface area contributed by atoms with E-state index in [0.29, 0.717) is 18.4 Å². The lowest BCUT2D eigenvalue weighted by Crippen LogP contribution is -2.37. The second kappa shape index (κ2) is 10.2. The zero-order chi connectivity index (χ0) is 19.1. The van der Waals surface area contributed by atoms with Crippen LogP contribution < -0.4 is 5.32 Å². The van der Waals surface area contributed by atoms with E-state index in [1.165, 1.54) is 32.1 Å². The van der Waals surface area contributed by atoms with Crippen molar-refractivity contribution in [2.24, 2.45) is 5.92 Å². The molecule has 0 radical (unpaired) electrons. The van der Waals surface area contributed by atoms with Gasteiger partial charge in [-0.15, -0.1) is 0 Å². The molecule has 1 aromatic heterocycles. The number of amides is 1. The van der Waals surface area contributed by atoms with Gasteiger partial charge in [-0.25, -0.2) is 0 Å². The first-order chi connectivity index (χ1) is 13.1. The fraction of sp³-hybridized carbons (Fsp3) is 0.810. The molecule has 1 aliphatic carbocycles. The van der Waals surface area contributed by atoms with Crippen LogP contribution >= 0.6 is 0 Å². The lowest BCUT2D eigenvalue weighted by atomic mass is 9.96. The fourth-order valence-electron chi connectivity index (χ4n) is 4.50. The molecule has 152 valence electrons. The van der Waals surface area contributed by atoms with Crippen LogP contribution in [0.3, 0.4) is 0 Å². The topological polar surface area (TPSA) is 67.6 Å². The molecule has 2 atom stereocenters. The fourth-order valence-corrected chi connectivity index (χ4v) is 4.50. The largest absolute Gasteiger partial charge is 0.380 e. The summed E-state index contributed by atoms with van der Waals surface area (Å²) in [6.07, 6.45) is 10.3. The molecule has 0 spiro atoms. The zero-order valence-corrected chi connectivity index (χ0v) is 16.9. The Bertz CT molecular complexity index is 581. The maximum atomic E-state index is 12.4. The Morgan fingerprint density at radius 3 is 2.67 bits per heavy atom. The molecule has 1 aromatic rings. The molecule has 0 unspecified atom stereocenters. The van der Waals surface area contributed by atoms with Crippen LogP contribution in [0.25, 0.3) is 0 Å². The van der Waals surface area contributed by atoms with Gasteiger partial charge < -0.3 is 14.6 Å². The van der Waals surface area contributed by atoms with Gasteiger partial charge in [0.2, 0.25) is 5.91 Å². The van der Waals surface area contributed by atoms with Crippen molar-refractivity contribution in [1.29, 1.82) is 0 Å². The first-order valence-corrected chi connectivity index (χ1v) is 10.6. The van der Waals surface area contributed by atoms with Crippen LogP contribution in [0.15, 0.2) is 10.6 Å². The second-order valence-electron chi connectivity index (χ2n) is 8.29.